The van der Waals surface area contributed by atoms with Gasteiger partial charge in [0.15, 0.2) is 0 Å². The maximum Gasteiger partial charge on any atom is 0.217 e. The maximum absolute atomic E-state index is 12.4. The number of ketones is 1. The predicted molar refractivity (Wildman–Crippen MR) is 120 cm³/mol. The van der Waals surface area contributed by atoms with E-state index in [1.54, 1.807) is 12.4 Å². The third-order valence-corrected chi connectivity index (χ3v) is 5.23. The molecule has 0 saturated carbocycles. The van der Waals surface area contributed by atoms with Crippen molar-refractivity contribution >= 4 is 5.78 Å². The van der Waals surface area contributed by atoms with E-state index in [2.05, 4.69) is 73.8 Å². The van der Waals surface area contributed by atoms with E-state index in [0.717, 1.165) is 53.8 Å². The van der Waals surface area contributed by atoms with Gasteiger partial charge in [0.05, 0.1) is 6.54 Å². The van der Waals surface area contributed by atoms with Crippen molar-refractivity contribution in [2.75, 3.05) is 0 Å². The number of tetrazole rings is 1. The molecule has 0 saturated heterocycles. The van der Waals surface area contributed by atoms with E-state index in [0.29, 0.717) is 24.6 Å². The molecule has 0 radical (unpaired) electrons. The summed E-state index contributed by atoms with van der Waals surface area (Å²) in [6.45, 7) is 4.74. The highest BCUT2D eigenvalue weighted by atomic mass is 16.1. The maximum atomic E-state index is 12.4. The molecular formula is C23H26N8O. The number of carbonyl (C=O) groups excluding carboxylic acids is 1. The van der Waals surface area contributed by atoms with Crippen LogP contribution in [0.5, 0.6) is 0 Å². The van der Waals surface area contributed by atoms with Gasteiger partial charge in [-0.15, -0.1) is 15.3 Å². The highest BCUT2D eigenvalue weighted by Gasteiger charge is 2.16. The lowest BCUT2D eigenvalue weighted by Gasteiger charge is -2.09. The van der Waals surface area contributed by atoms with E-state index in [4.69, 9.17) is 0 Å². The van der Waals surface area contributed by atoms with Crippen LogP contribution in [-0.2, 0) is 13.0 Å². The highest BCUT2D eigenvalue weighted by molar-refractivity contribution is 5.92. The van der Waals surface area contributed by atoms with Crippen LogP contribution in [0, 0.1) is 0 Å². The molecular weight excluding hydrogens is 404 g/mol. The molecule has 0 amide bonds. The molecule has 3 aromatic heterocycles. The Balaban J connectivity index is 1.56. The lowest BCUT2D eigenvalue weighted by Crippen LogP contribution is -2.08. The molecule has 0 fully saturated rings. The Morgan fingerprint density at radius 2 is 1.91 bits per heavy atom. The SMILES string of the molecule is CCCCC(=O)c1nc(CCC)n(Cc2ccc(-c3ccncc3-c3nn[nH]n3)cc2)n1. The number of carbonyl (C=O) groups is 1. The number of benzene rings is 1. The Labute approximate surface area is 186 Å². The minimum atomic E-state index is 0.0185. The second-order valence-electron chi connectivity index (χ2n) is 7.64. The zero-order valence-electron chi connectivity index (χ0n) is 18.3. The number of H-pyrrole nitrogens is 1. The monoisotopic (exact) mass is 430 g/mol. The van der Waals surface area contributed by atoms with Crippen LogP contribution < -0.4 is 0 Å². The van der Waals surface area contributed by atoms with Gasteiger partial charge in [-0.2, -0.15) is 5.21 Å². The lowest BCUT2D eigenvalue weighted by atomic mass is 10.00. The standard InChI is InChI=1S/C23H26N8O/c1-3-5-7-20(32)23-25-21(6-4-2)31(28-23)15-16-8-10-17(11-9-16)18-12-13-24-14-19(18)22-26-29-30-27-22/h8-14H,3-7,15H2,1-2H3,(H,26,27,29,30). The molecule has 9 heteroatoms. The zero-order chi connectivity index (χ0) is 22.3. The number of unbranched alkanes of at least 4 members (excludes halogenated alkanes) is 1. The highest BCUT2D eigenvalue weighted by Crippen LogP contribution is 2.29. The van der Waals surface area contributed by atoms with Gasteiger partial charge in [0.1, 0.15) is 5.82 Å². The van der Waals surface area contributed by atoms with Crippen molar-refractivity contribution in [3.63, 3.8) is 0 Å². The molecule has 32 heavy (non-hydrogen) atoms. The Bertz CT molecular complexity index is 1170. The largest absolute Gasteiger partial charge is 0.291 e. The van der Waals surface area contributed by atoms with Crippen molar-refractivity contribution in [1.29, 1.82) is 0 Å². The first-order valence-electron chi connectivity index (χ1n) is 10.9. The molecule has 0 unspecified atom stereocenters. The Hall–Kier alpha value is -3.75. The summed E-state index contributed by atoms with van der Waals surface area (Å²) in [5.41, 5.74) is 3.90. The van der Waals surface area contributed by atoms with Crippen molar-refractivity contribution in [2.24, 2.45) is 0 Å². The molecule has 0 atom stereocenters. The molecule has 3 heterocycles. The minimum Gasteiger partial charge on any atom is -0.291 e. The van der Waals surface area contributed by atoms with E-state index in [1.165, 1.54) is 0 Å². The molecule has 4 rings (SSSR count). The van der Waals surface area contributed by atoms with Crippen LogP contribution in [-0.4, -0.2) is 46.2 Å². The average Bonchev–Trinajstić information content (AvgIpc) is 3.49. The summed E-state index contributed by atoms with van der Waals surface area (Å²) in [7, 11) is 0. The second-order valence-corrected chi connectivity index (χ2v) is 7.64. The molecule has 0 aliphatic heterocycles. The van der Waals surface area contributed by atoms with E-state index in [-0.39, 0.29) is 5.78 Å². The summed E-state index contributed by atoms with van der Waals surface area (Å²) in [6.07, 6.45) is 7.55. The summed E-state index contributed by atoms with van der Waals surface area (Å²) < 4.78 is 1.86. The van der Waals surface area contributed by atoms with E-state index in [9.17, 15) is 4.79 Å². The van der Waals surface area contributed by atoms with Crippen LogP contribution >= 0.6 is 0 Å². The van der Waals surface area contributed by atoms with Crippen LogP contribution in [0.3, 0.4) is 0 Å². The first kappa shape index (κ1) is 21.5. The fraction of sp³-hybridized carbons (Fsp3) is 0.348. The van der Waals surface area contributed by atoms with Gasteiger partial charge in [-0.1, -0.05) is 44.5 Å². The number of hydrogen-bond donors (Lipinski definition) is 1. The average molecular weight is 431 g/mol. The van der Waals surface area contributed by atoms with Gasteiger partial charge in [-0.05, 0) is 40.8 Å². The third-order valence-electron chi connectivity index (χ3n) is 5.23. The van der Waals surface area contributed by atoms with Gasteiger partial charge >= 0.3 is 0 Å². The summed E-state index contributed by atoms with van der Waals surface area (Å²) in [5.74, 6) is 1.71. The number of Topliss-reactive ketones (excluding diaryl/α,β-unsaturated/α-hetero) is 1. The van der Waals surface area contributed by atoms with Crippen LogP contribution in [0.2, 0.25) is 0 Å². The summed E-state index contributed by atoms with van der Waals surface area (Å²) in [5, 5.41) is 18.8. The van der Waals surface area contributed by atoms with Gasteiger partial charge in [0.2, 0.25) is 17.4 Å². The molecule has 4 aromatic rings. The lowest BCUT2D eigenvalue weighted by molar-refractivity contribution is 0.0969. The smallest absolute Gasteiger partial charge is 0.217 e. The van der Waals surface area contributed by atoms with Gasteiger partial charge in [-0.3, -0.25) is 9.78 Å². The number of nitrogens with one attached hydrogen (secondary N) is 1. The van der Waals surface area contributed by atoms with Crippen LogP contribution in [0.25, 0.3) is 22.5 Å². The summed E-state index contributed by atoms with van der Waals surface area (Å²) >= 11 is 0. The van der Waals surface area contributed by atoms with Crippen LogP contribution in [0.15, 0.2) is 42.7 Å². The molecule has 1 N–H and O–H groups in total. The number of aryl methyl sites for hydroxylation is 1. The topological polar surface area (TPSA) is 115 Å². The Morgan fingerprint density at radius 1 is 1.06 bits per heavy atom. The third kappa shape index (κ3) is 4.77. The van der Waals surface area contributed by atoms with E-state index >= 15 is 0 Å². The first-order chi connectivity index (χ1) is 15.7. The number of rotatable bonds is 10. The molecule has 0 aliphatic carbocycles. The van der Waals surface area contributed by atoms with Crippen molar-refractivity contribution in [3.8, 4) is 22.5 Å². The minimum absolute atomic E-state index is 0.0185. The van der Waals surface area contributed by atoms with Crippen molar-refractivity contribution in [1.82, 2.24) is 40.4 Å². The quantitative estimate of drug-likeness (QED) is 0.379. The van der Waals surface area contributed by atoms with Crippen molar-refractivity contribution in [3.05, 3.63) is 59.9 Å². The normalized spacial score (nSPS) is 11.1. The summed E-state index contributed by atoms with van der Waals surface area (Å²) in [6, 6.07) is 10.2. The second kappa shape index (κ2) is 10.0. The summed E-state index contributed by atoms with van der Waals surface area (Å²) in [4.78, 5) is 21.1. The Kier molecular flexibility index (Phi) is 6.74. The van der Waals surface area contributed by atoms with Crippen LogP contribution in [0.4, 0.5) is 0 Å². The predicted octanol–water partition coefficient (Wildman–Crippen LogP) is 3.89. The van der Waals surface area contributed by atoms with E-state index < -0.39 is 0 Å². The van der Waals surface area contributed by atoms with E-state index in [1.807, 2.05) is 10.7 Å². The fourth-order valence-corrected chi connectivity index (χ4v) is 3.54. The number of nitrogens with zero attached hydrogens (tertiary/aromatic N) is 7. The molecule has 0 bridgehead atoms. The van der Waals surface area contributed by atoms with Gasteiger partial charge in [0.25, 0.3) is 0 Å². The first-order valence-corrected chi connectivity index (χ1v) is 10.9. The zero-order valence-corrected chi connectivity index (χ0v) is 18.3. The number of aromatic amines is 1. The van der Waals surface area contributed by atoms with Crippen molar-refractivity contribution < 1.29 is 4.79 Å². The molecule has 164 valence electrons. The van der Waals surface area contributed by atoms with Crippen LogP contribution in [0.1, 0.15) is 61.5 Å². The fourth-order valence-electron chi connectivity index (χ4n) is 3.54. The van der Waals surface area contributed by atoms with Gasteiger partial charge in [0, 0.05) is 30.8 Å². The molecule has 0 spiro atoms. The number of aromatic nitrogens is 8. The molecule has 9 nitrogen and oxygen atoms in total. The van der Waals surface area contributed by atoms with Crippen molar-refractivity contribution in [2.45, 2.75) is 52.5 Å². The van der Waals surface area contributed by atoms with Gasteiger partial charge in [-0.25, -0.2) is 9.67 Å². The Morgan fingerprint density at radius 3 is 2.62 bits per heavy atom. The number of pyridine rings is 1. The number of hydrogen-bond acceptors (Lipinski definition) is 7. The molecule has 1 aromatic carbocycles. The van der Waals surface area contributed by atoms with Gasteiger partial charge < -0.3 is 0 Å². The molecule has 0 aliphatic rings.